The van der Waals surface area contributed by atoms with Gasteiger partial charge in [0, 0.05) is 0 Å². The van der Waals surface area contributed by atoms with Crippen LogP contribution in [0.3, 0.4) is 0 Å². The number of anilines is 1. The molecule has 0 aliphatic heterocycles. The van der Waals surface area contributed by atoms with Gasteiger partial charge in [0.05, 0.1) is 23.8 Å². The van der Waals surface area contributed by atoms with Crippen molar-refractivity contribution < 1.29 is 19.4 Å². The summed E-state index contributed by atoms with van der Waals surface area (Å²) in [6, 6.07) is 20.2. The third-order valence-electron chi connectivity index (χ3n) is 5.72. The number of hydrogen-bond acceptors (Lipinski definition) is 3. The summed E-state index contributed by atoms with van der Waals surface area (Å²) in [5.41, 5.74) is 4.12. The Morgan fingerprint density at radius 1 is 0.941 bits per heavy atom. The van der Waals surface area contributed by atoms with Crippen molar-refractivity contribution in [2.24, 2.45) is 0 Å². The molecular weight excluding hydrogens is 426 g/mol. The minimum absolute atomic E-state index is 0.0555. The second kappa shape index (κ2) is 12.0. The number of carbonyl (C=O) groups is 2. The van der Waals surface area contributed by atoms with Gasteiger partial charge >= 0.3 is 5.97 Å². The molecule has 34 heavy (non-hydrogen) atoms. The molecule has 0 unspecified atom stereocenters. The first kappa shape index (κ1) is 25.0. The number of rotatable bonds is 11. The molecule has 5 heteroatoms. The zero-order chi connectivity index (χ0) is 24.5. The fraction of sp³-hybridized carbons (Fsp3) is 0.310. The van der Waals surface area contributed by atoms with E-state index in [-0.39, 0.29) is 24.0 Å². The number of ether oxygens (including phenoxy) is 1. The number of hydrogen-bond donors (Lipinski definition) is 2. The molecule has 2 N–H and O–H groups in total. The summed E-state index contributed by atoms with van der Waals surface area (Å²) >= 11 is 0. The highest BCUT2D eigenvalue weighted by molar-refractivity contribution is 5.98. The van der Waals surface area contributed by atoms with Crippen molar-refractivity contribution in [2.45, 2.75) is 59.0 Å². The van der Waals surface area contributed by atoms with Crippen molar-refractivity contribution >= 4 is 17.6 Å². The predicted octanol–water partition coefficient (Wildman–Crippen LogP) is 6.89. The monoisotopic (exact) mass is 459 g/mol. The zero-order valence-electron chi connectivity index (χ0n) is 20.1. The van der Waals surface area contributed by atoms with Crippen LogP contribution in [0.4, 0.5) is 5.69 Å². The van der Waals surface area contributed by atoms with E-state index in [0.29, 0.717) is 22.6 Å². The first-order valence-electron chi connectivity index (χ1n) is 11.9. The van der Waals surface area contributed by atoms with Crippen molar-refractivity contribution in [3.63, 3.8) is 0 Å². The van der Waals surface area contributed by atoms with Crippen molar-refractivity contribution in [3.05, 3.63) is 83.4 Å². The number of carboxylic acids is 1. The van der Waals surface area contributed by atoms with Gasteiger partial charge in [-0.25, -0.2) is 4.79 Å². The van der Waals surface area contributed by atoms with E-state index in [1.165, 1.54) is 0 Å². The number of benzene rings is 3. The molecule has 3 rings (SSSR count). The van der Waals surface area contributed by atoms with Crippen LogP contribution in [0.1, 0.15) is 61.0 Å². The maximum Gasteiger partial charge on any atom is 0.336 e. The largest absolute Gasteiger partial charge is 0.488 e. The molecule has 5 nitrogen and oxygen atoms in total. The molecule has 0 saturated carbocycles. The highest BCUT2D eigenvalue weighted by atomic mass is 16.5. The van der Waals surface area contributed by atoms with Crippen LogP contribution in [0, 0.1) is 6.92 Å². The Balaban J connectivity index is 1.94. The van der Waals surface area contributed by atoms with E-state index < -0.39 is 5.97 Å². The van der Waals surface area contributed by atoms with Crippen molar-refractivity contribution in [1.82, 2.24) is 0 Å². The van der Waals surface area contributed by atoms with Gasteiger partial charge in [-0.1, -0.05) is 80.8 Å². The van der Waals surface area contributed by atoms with E-state index in [2.05, 4.69) is 19.2 Å². The van der Waals surface area contributed by atoms with Crippen LogP contribution >= 0.6 is 0 Å². The summed E-state index contributed by atoms with van der Waals surface area (Å²) in [6.07, 6.45) is 4.15. The Labute approximate surface area is 201 Å². The summed E-state index contributed by atoms with van der Waals surface area (Å²) in [5.74, 6) is -0.549. The van der Waals surface area contributed by atoms with Crippen LogP contribution in [0.15, 0.2) is 66.7 Å². The van der Waals surface area contributed by atoms with Crippen molar-refractivity contribution in [1.29, 1.82) is 0 Å². The van der Waals surface area contributed by atoms with Crippen molar-refractivity contribution in [3.8, 4) is 16.9 Å². The minimum atomic E-state index is -0.994. The molecule has 0 fully saturated rings. The van der Waals surface area contributed by atoms with E-state index in [0.717, 1.165) is 36.8 Å². The molecule has 0 bridgehead atoms. The third kappa shape index (κ3) is 6.70. The van der Waals surface area contributed by atoms with E-state index in [1.54, 1.807) is 30.3 Å². The third-order valence-corrected chi connectivity index (χ3v) is 5.72. The van der Waals surface area contributed by atoms with E-state index >= 15 is 0 Å². The fourth-order valence-corrected chi connectivity index (χ4v) is 3.99. The van der Waals surface area contributed by atoms with Gasteiger partial charge in [-0.05, 0) is 54.7 Å². The molecule has 1 amide bonds. The van der Waals surface area contributed by atoms with Crippen LogP contribution in [0.25, 0.3) is 11.1 Å². The van der Waals surface area contributed by atoms with Gasteiger partial charge in [-0.2, -0.15) is 0 Å². The standard InChI is InChI=1S/C29H33NO4/c1-4-8-23(9-5-2)34-27-17-16-22(24-10-6-7-11-25(24)29(32)33)19-26(27)30-28(31)18-21-14-12-20(3)13-15-21/h6-7,10-17,19,23H,4-5,8-9,18H2,1-3H3,(H,30,31)(H,32,33). The zero-order valence-corrected chi connectivity index (χ0v) is 20.1. The van der Waals surface area contributed by atoms with Gasteiger partial charge in [0.25, 0.3) is 0 Å². The topological polar surface area (TPSA) is 75.6 Å². The second-order valence-corrected chi connectivity index (χ2v) is 8.59. The molecule has 0 heterocycles. The van der Waals surface area contributed by atoms with Gasteiger partial charge in [0.15, 0.2) is 0 Å². The lowest BCUT2D eigenvalue weighted by molar-refractivity contribution is -0.115. The lowest BCUT2D eigenvalue weighted by Gasteiger charge is -2.21. The number of carbonyl (C=O) groups excluding carboxylic acids is 1. The Morgan fingerprint density at radius 2 is 1.62 bits per heavy atom. The van der Waals surface area contributed by atoms with Crippen LogP contribution in [0.2, 0.25) is 0 Å². The quantitative estimate of drug-likeness (QED) is 0.327. The van der Waals surface area contributed by atoms with Gasteiger partial charge in [0.2, 0.25) is 5.91 Å². The van der Waals surface area contributed by atoms with Crippen LogP contribution < -0.4 is 10.1 Å². The van der Waals surface area contributed by atoms with E-state index in [1.807, 2.05) is 43.3 Å². The maximum atomic E-state index is 12.9. The highest BCUT2D eigenvalue weighted by Gasteiger charge is 2.17. The highest BCUT2D eigenvalue weighted by Crippen LogP contribution is 2.34. The predicted molar refractivity (Wildman–Crippen MR) is 137 cm³/mol. The minimum Gasteiger partial charge on any atom is -0.488 e. The van der Waals surface area contributed by atoms with Crippen molar-refractivity contribution in [2.75, 3.05) is 5.32 Å². The molecular formula is C29H33NO4. The fourth-order valence-electron chi connectivity index (χ4n) is 3.99. The molecule has 0 aliphatic carbocycles. The molecule has 178 valence electrons. The molecule has 0 saturated heterocycles. The number of carboxylic acid groups (broad SMARTS) is 1. The average molecular weight is 460 g/mol. The molecule has 3 aromatic rings. The number of aromatic carboxylic acids is 1. The SMILES string of the molecule is CCCC(CCC)Oc1ccc(-c2ccccc2C(=O)O)cc1NC(=O)Cc1ccc(C)cc1. The van der Waals surface area contributed by atoms with Gasteiger partial charge < -0.3 is 15.2 Å². The number of aryl methyl sites for hydroxylation is 1. The first-order chi connectivity index (χ1) is 16.4. The van der Waals surface area contributed by atoms with Gasteiger partial charge in [0.1, 0.15) is 5.75 Å². The molecule has 0 radical (unpaired) electrons. The smallest absolute Gasteiger partial charge is 0.336 e. The normalized spacial score (nSPS) is 10.8. The summed E-state index contributed by atoms with van der Waals surface area (Å²) < 4.78 is 6.33. The number of amides is 1. The van der Waals surface area contributed by atoms with E-state index in [4.69, 9.17) is 4.74 Å². The summed E-state index contributed by atoms with van der Waals surface area (Å²) in [5, 5.41) is 12.6. The number of nitrogens with one attached hydrogen (secondary N) is 1. The van der Waals surface area contributed by atoms with Gasteiger partial charge in [-0.3, -0.25) is 4.79 Å². The van der Waals surface area contributed by atoms with Crippen LogP contribution in [-0.4, -0.2) is 23.1 Å². The summed E-state index contributed by atoms with van der Waals surface area (Å²) in [7, 11) is 0. The molecule has 0 aliphatic rings. The van der Waals surface area contributed by atoms with Gasteiger partial charge in [-0.15, -0.1) is 0 Å². The average Bonchev–Trinajstić information content (AvgIpc) is 2.82. The Bertz CT molecular complexity index is 1120. The molecule has 3 aromatic carbocycles. The molecule has 0 spiro atoms. The van der Waals surface area contributed by atoms with Crippen LogP contribution in [-0.2, 0) is 11.2 Å². The summed E-state index contributed by atoms with van der Waals surface area (Å²) in [6.45, 7) is 6.27. The lowest BCUT2D eigenvalue weighted by Crippen LogP contribution is -2.19. The Hall–Kier alpha value is -3.60. The lowest BCUT2D eigenvalue weighted by atomic mass is 9.99. The first-order valence-corrected chi connectivity index (χ1v) is 11.9. The summed E-state index contributed by atoms with van der Waals surface area (Å²) in [4.78, 5) is 24.7. The van der Waals surface area contributed by atoms with Crippen LogP contribution in [0.5, 0.6) is 5.75 Å². The Kier molecular flexibility index (Phi) is 8.86. The second-order valence-electron chi connectivity index (χ2n) is 8.59. The molecule has 0 atom stereocenters. The van der Waals surface area contributed by atoms with E-state index in [9.17, 15) is 14.7 Å². The Morgan fingerprint density at radius 3 is 2.26 bits per heavy atom. The maximum absolute atomic E-state index is 12.9. The molecule has 0 aromatic heterocycles.